The van der Waals surface area contributed by atoms with Crippen LogP contribution in [0.15, 0.2) is 30.5 Å². The van der Waals surface area contributed by atoms with Gasteiger partial charge in [-0.15, -0.1) is 0 Å². The Labute approximate surface area is 124 Å². The number of nitriles is 1. The standard InChI is InChI=1S/C13H8ClFN4O2/c14-11-3-8(1-2-12(11)15)6-17-13-9(5-16)4-10(7-18-13)19(20)21/h1-4,7H,6H2,(H,17,18). The summed E-state index contributed by atoms with van der Waals surface area (Å²) in [6.07, 6.45) is 1.06. The summed E-state index contributed by atoms with van der Waals surface area (Å²) in [5, 5.41) is 22.4. The molecule has 21 heavy (non-hydrogen) atoms. The zero-order valence-corrected chi connectivity index (χ0v) is 11.3. The van der Waals surface area contributed by atoms with Gasteiger partial charge in [-0.3, -0.25) is 10.1 Å². The Hall–Kier alpha value is -2.72. The molecule has 0 bridgehead atoms. The van der Waals surface area contributed by atoms with Crippen molar-refractivity contribution < 1.29 is 9.31 Å². The van der Waals surface area contributed by atoms with E-state index in [1.54, 1.807) is 0 Å². The van der Waals surface area contributed by atoms with Crippen molar-refractivity contribution in [3.8, 4) is 6.07 Å². The lowest BCUT2D eigenvalue weighted by atomic mass is 10.2. The van der Waals surface area contributed by atoms with E-state index >= 15 is 0 Å². The number of hydrogen-bond acceptors (Lipinski definition) is 5. The maximum Gasteiger partial charge on any atom is 0.289 e. The molecule has 0 aliphatic heterocycles. The molecule has 0 fully saturated rings. The molecule has 1 aromatic heterocycles. The van der Waals surface area contributed by atoms with Gasteiger partial charge in [-0.2, -0.15) is 5.26 Å². The van der Waals surface area contributed by atoms with Gasteiger partial charge in [-0.25, -0.2) is 9.37 Å². The molecule has 1 aromatic carbocycles. The molecule has 0 aliphatic rings. The van der Waals surface area contributed by atoms with Crippen molar-refractivity contribution in [1.82, 2.24) is 4.98 Å². The Kier molecular flexibility index (Phi) is 4.30. The van der Waals surface area contributed by atoms with E-state index in [2.05, 4.69) is 10.3 Å². The third-order valence-electron chi connectivity index (χ3n) is 2.65. The van der Waals surface area contributed by atoms with Crippen LogP contribution in [-0.4, -0.2) is 9.91 Å². The molecular formula is C13H8ClFN4O2. The van der Waals surface area contributed by atoms with E-state index in [-0.39, 0.29) is 28.6 Å². The number of anilines is 1. The van der Waals surface area contributed by atoms with Crippen LogP contribution < -0.4 is 5.32 Å². The second-order valence-corrected chi connectivity index (χ2v) is 4.47. The van der Waals surface area contributed by atoms with Crippen molar-refractivity contribution in [3.05, 3.63) is 62.5 Å². The molecule has 1 heterocycles. The number of nitrogens with one attached hydrogen (secondary N) is 1. The van der Waals surface area contributed by atoms with Gasteiger partial charge in [0.2, 0.25) is 0 Å². The maximum absolute atomic E-state index is 13.0. The minimum absolute atomic E-state index is 0.00790. The van der Waals surface area contributed by atoms with Crippen molar-refractivity contribution >= 4 is 23.1 Å². The van der Waals surface area contributed by atoms with Crippen molar-refractivity contribution in [2.45, 2.75) is 6.54 Å². The number of nitro groups is 1. The SMILES string of the molecule is N#Cc1cc([N+](=O)[O-])cnc1NCc1ccc(F)c(Cl)c1. The summed E-state index contributed by atoms with van der Waals surface area (Å²) in [6, 6.07) is 7.17. The predicted octanol–water partition coefficient (Wildman–Crippen LogP) is 3.27. The van der Waals surface area contributed by atoms with E-state index in [1.165, 1.54) is 18.2 Å². The summed E-state index contributed by atoms with van der Waals surface area (Å²) in [4.78, 5) is 13.8. The summed E-state index contributed by atoms with van der Waals surface area (Å²) in [7, 11) is 0. The molecule has 0 aliphatic carbocycles. The Balaban J connectivity index is 2.18. The van der Waals surface area contributed by atoms with Crippen LogP contribution >= 0.6 is 11.6 Å². The third kappa shape index (κ3) is 3.43. The van der Waals surface area contributed by atoms with Crippen molar-refractivity contribution in [2.24, 2.45) is 0 Å². The monoisotopic (exact) mass is 306 g/mol. The van der Waals surface area contributed by atoms with E-state index in [0.717, 1.165) is 12.3 Å². The number of benzene rings is 1. The van der Waals surface area contributed by atoms with E-state index in [0.29, 0.717) is 5.56 Å². The number of pyridine rings is 1. The molecule has 8 heteroatoms. The van der Waals surface area contributed by atoms with Gasteiger partial charge in [0.05, 0.1) is 9.95 Å². The Morgan fingerprint density at radius 3 is 2.86 bits per heavy atom. The van der Waals surface area contributed by atoms with E-state index < -0.39 is 10.7 Å². The van der Waals surface area contributed by atoms with Gasteiger partial charge in [0.15, 0.2) is 0 Å². The van der Waals surface area contributed by atoms with Crippen LogP contribution in [0.1, 0.15) is 11.1 Å². The molecule has 106 valence electrons. The predicted molar refractivity (Wildman–Crippen MR) is 74.3 cm³/mol. The zero-order chi connectivity index (χ0) is 15.4. The van der Waals surface area contributed by atoms with Crippen LogP contribution in [0.25, 0.3) is 0 Å². The summed E-state index contributed by atoms with van der Waals surface area (Å²) in [5.74, 6) is -0.310. The van der Waals surface area contributed by atoms with Gasteiger partial charge in [0.1, 0.15) is 29.5 Å². The smallest absolute Gasteiger partial charge is 0.289 e. The van der Waals surface area contributed by atoms with Crippen molar-refractivity contribution in [1.29, 1.82) is 5.26 Å². The van der Waals surface area contributed by atoms with Crippen LogP contribution in [0.5, 0.6) is 0 Å². The van der Waals surface area contributed by atoms with Gasteiger partial charge < -0.3 is 5.32 Å². The average Bonchev–Trinajstić information content (AvgIpc) is 2.48. The minimum Gasteiger partial charge on any atom is -0.365 e. The highest BCUT2D eigenvalue weighted by Gasteiger charge is 2.12. The summed E-state index contributed by atoms with van der Waals surface area (Å²) >= 11 is 5.66. The van der Waals surface area contributed by atoms with Crippen LogP contribution in [0.3, 0.4) is 0 Å². The van der Waals surface area contributed by atoms with Gasteiger partial charge in [0.25, 0.3) is 5.69 Å². The molecule has 2 rings (SSSR count). The van der Waals surface area contributed by atoms with Crippen LogP contribution in [0, 0.1) is 27.3 Å². The first-order chi connectivity index (χ1) is 10.0. The van der Waals surface area contributed by atoms with Crippen LogP contribution in [0.4, 0.5) is 15.9 Å². The average molecular weight is 307 g/mol. The number of rotatable bonds is 4. The molecule has 0 radical (unpaired) electrons. The first-order valence-electron chi connectivity index (χ1n) is 5.73. The van der Waals surface area contributed by atoms with E-state index in [1.807, 2.05) is 6.07 Å². The molecule has 1 N–H and O–H groups in total. The first-order valence-corrected chi connectivity index (χ1v) is 6.11. The number of aromatic nitrogens is 1. The molecule has 2 aromatic rings. The number of hydrogen-bond donors (Lipinski definition) is 1. The molecule has 0 saturated carbocycles. The lowest BCUT2D eigenvalue weighted by molar-refractivity contribution is -0.385. The topological polar surface area (TPSA) is 91.8 Å². The van der Waals surface area contributed by atoms with Crippen molar-refractivity contribution in [3.63, 3.8) is 0 Å². The maximum atomic E-state index is 13.0. The van der Waals surface area contributed by atoms with Gasteiger partial charge in [0, 0.05) is 12.6 Å². The third-order valence-corrected chi connectivity index (χ3v) is 2.94. The summed E-state index contributed by atoms with van der Waals surface area (Å²) in [6.45, 7) is 0.249. The van der Waals surface area contributed by atoms with Gasteiger partial charge in [-0.05, 0) is 17.7 Å². The molecule has 0 spiro atoms. The minimum atomic E-state index is -0.628. The van der Waals surface area contributed by atoms with Crippen LogP contribution in [0.2, 0.25) is 5.02 Å². The Morgan fingerprint density at radius 2 is 2.24 bits per heavy atom. The molecular weight excluding hydrogens is 299 g/mol. The van der Waals surface area contributed by atoms with Crippen molar-refractivity contribution in [2.75, 3.05) is 5.32 Å². The lowest BCUT2D eigenvalue weighted by Crippen LogP contribution is -2.04. The number of halogens is 2. The highest BCUT2D eigenvalue weighted by Crippen LogP contribution is 2.20. The lowest BCUT2D eigenvalue weighted by Gasteiger charge is -2.07. The molecule has 0 unspecified atom stereocenters. The molecule has 6 nitrogen and oxygen atoms in total. The largest absolute Gasteiger partial charge is 0.365 e. The van der Waals surface area contributed by atoms with Gasteiger partial charge >= 0.3 is 0 Å². The molecule has 0 atom stereocenters. The fourth-order valence-electron chi connectivity index (χ4n) is 1.62. The Morgan fingerprint density at radius 1 is 1.48 bits per heavy atom. The highest BCUT2D eigenvalue weighted by atomic mass is 35.5. The summed E-state index contributed by atoms with van der Waals surface area (Å²) in [5.41, 5.74) is 0.477. The molecule has 0 saturated heterocycles. The Bertz CT molecular complexity index is 745. The quantitative estimate of drug-likeness (QED) is 0.691. The second-order valence-electron chi connectivity index (χ2n) is 4.06. The van der Waals surface area contributed by atoms with E-state index in [9.17, 15) is 14.5 Å². The van der Waals surface area contributed by atoms with Crippen LogP contribution in [-0.2, 0) is 6.54 Å². The molecule has 0 amide bonds. The number of nitrogens with zero attached hydrogens (tertiary/aromatic N) is 3. The first kappa shape index (κ1) is 14.7. The highest BCUT2D eigenvalue weighted by molar-refractivity contribution is 6.30. The normalized spacial score (nSPS) is 9.95. The zero-order valence-electron chi connectivity index (χ0n) is 10.5. The van der Waals surface area contributed by atoms with E-state index in [4.69, 9.17) is 16.9 Å². The van der Waals surface area contributed by atoms with Gasteiger partial charge in [-0.1, -0.05) is 17.7 Å². The fraction of sp³-hybridized carbons (Fsp3) is 0.0769. The second kappa shape index (κ2) is 6.15. The fourth-order valence-corrected chi connectivity index (χ4v) is 1.82. The summed E-state index contributed by atoms with van der Waals surface area (Å²) < 4.78 is 13.0.